The Morgan fingerprint density at radius 3 is 3.10 bits per heavy atom. The van der Waals surface area contributed by atoms with Crippen molar-refractivity contribution in [1.29, 1.82) is 0 Å². The van der Waals surface area contributed by atoms with Crippen LogP contribution in [-0.2, 0) is 0 Å². The lowest BCUT2D eigenvalue weighted by molar-refractivity contribution is 0.0660. The van der Waals surface area contributed by atoms with Crippen LogP contribution in [0.2, 0.25) is 0 Å². The highest BCUT2D eigenvalue weighted by Gasteiger charge is 2.34. The number of rotatable bonds is 2. The van der Waals surface area contributed by atoms with Crippen LogP contribution in [0.1, 0.15) is 23.2 Å². The second kappa shape index (κ2) is 5.74. The molecule has 1 N–H and O–H groups in total. The van der Waals surface area contributed by atoms with Crippen LogP contribution in [0.5, 0.6) is 5.75 Å². The first-order chi connectivity index (χ1) is 9.69. The fourth-order valence-electron chi connectivity index (χ4n) is 3.20. The van der Waals surface area contributed by atoms with Crippen LogP contribution in [0, 0.1) is 5.92 Å². The van der Waals surface area contributed by atoms with Crippen molar-refractivity contribution in [3.05, 3.63) is 28.2 Å². The van der Waals surface area contributed by atoms with Crippen molar-refractivity contribution in [3.8, 4) is 5.75 Å². The molecule has 2 fully saturated rings. The predicted molar refractivity (Wildman–Crippen MR) is 81.1 cm³/mol. The zero-order valence-corrected chi connectivity index (χ0v) is 13.1. The number of halogens is 1. The van der Waals surface area contributed by atoms with Gasteiger partial charge in [-0.1, -0.05) is 0 Å². The Labute approximate surface area is 127 Å². The van der Waals surface area contributed by atoms with Gasteiger partial charge in [0.05, 0.1) is 12.7 Å². The largest absolute Gasteiger partial charge is 0.497 e. The Bertz CT molecular complexity index is 521. The molecule has 108 valence electrons. The standard InChI is InChI=1S/C15H19BrN2O2/c1-20-11-2-3-13(16)12(8-11)15(19)18-7-5-14-10(9-18)4-6-17-14/h2-3,8,10,14,17H,4-7,9H2,1H3. The number of likely N-dealkylation sites (tertiary alicyclic amines) is 1. The van der Waals surface area contributed by atoms with Crippen LogP contribution in [0.4, 0.5) is 0 Å². The average molecular weight is 339 g/mol. The minimum atomic E-state index is 0.0983. The molecule has 1 aromatic carbocycles. The Morgan fingerprint density at radius 2 is 2.30 bits per heavy atom. The molecule has 1 aromatic rings. The molecular weight excluding hydrogens is 320 g/mol. The van der Waals surface area contributed by atoms with Gasteiger partial charge in [-0.05, 0) is 59.4 Å². The van der Waals surface area contributed by atoms with Crippen molar-refractivity contribution in [2.75, 3.05) is 26.7 Å². The van der Waals surface area contributed by atoms with Gasteiger partial charge in [0.25, 0.3) is 5.91 Å². The number of hydrogen-bond donors (Lipinski definition) is 1. The van der Waals surface area contributed by atoms with Crippen molar-refractivity contribution in [2.24, 2.45) is 5.92 Å². The summed E-state index contributed by atoms with van der Waals surface area (Å²) in [4.78, 5) is 14.7. The van der Waals surface area contributed by atoms with E-state index in [1.54, 1.807) is 7.11 Å². The van der Waals surface area contributed by atoms with Gasteiger partial charge in [0.1, 0.15) is 5.75 Å². The number of nitrogens with zero attached hydrogens (tertiary/aromatic N) is 1. The number of carbonyl (C=O) groups excluding carboxylic acids is 1. The van der Waals surface area contributed by atoms with Crippen LogP contribution in [0.25, 0.3) is 0 Å². The Kier molecular flexibility index (Phi) is 3.98. The lowest BCUT2D eigenvalue weighted by atomic mass is 9.93. The first-order valence-electron chi connectivity index (χ1n) is 7.05. The predicted octanol–water partition coefficient (Wildman–Crippen LogP) is 2.28. The highest BCUT2D eigenvalue weighted by Crippen LogP contribution is 2.28. The summed E-state index contributed by atoms with van der Waals surface area (Å²) >= 11 is 3.47. The Hall–Kier alpha value is -1.07. The van der Waals surface area contributed by atoms with Gasteiger partial charge in [0.2, 0.25) is 0 Å². The number of benzene rings is 1. The number of methoxy groups -OCH3 is 1. The van der Waals surface area contributed by atoms with Gasteiger partial charge in [-0.25, -0.2) is 0 Å². The average Bonchev–Trinajstić information content (AvgIpc) is 2.94. The summed E-state index contributed by atoms with van der Waals surface area (Å²) in [7, 11) is 1.62. The third-order valence-corrected chi connectivity index (χ3v) is 5.04. The third kappa shape index (κ3) is 2.56. The van der Waals surface area contributed by atoms with Gasteiger partial charge in [0.15, 0.2) is 0 Å². The van der Waals surface area contributed by atoms with Crippen molar-refractivity contribution >= 4 is 21.8 Å². The molecule has 0 aromatic heterocycles. The van der Waals surface area contributed by atoms with Gasteiger partial charge in [-0.2, -0.15) is 0 Å². The first-order valence-corrected chi connectivity index (χ1v) is 7.84. The van der Waals surface area contributed by atoms with Crippen LogP contribution < -0.4 is 10.1 Å². The minimum Gasteiger partial charge on any atom is -0.497 e. The molecule has 3 rings (SSSR count). The van der Waals surface area contributed by atoms with Gasteiger partial charge in [-0.15, -0.1) is 0 Å². The van der Waals surface area contributed by atoms with E-state index in [1.165, 1.54) is 6.42 Å². The van der Waals surface area contributed by atoms with Crippen molar-refractivity contribution in [2.45, 2.75) is 18.9 Å². The monoisotopic (exact) mass is 338 g/mol. The second-order valence-corrected chi connectivity index (χ2v) is 6.35. The fraction of sp³-hybridized carbons (Fsp3) is 0.533. The van der Waals surface area contributed by atoms with E-state index >= 15 is 0 Å². The number of amides is 1. The number of piperidine rings is 1. The maximum absolute atomic E-state index is 12.7. The maximum Gasteiger partial charge on any atom is 0.255 e. The van der Waals surface area contributed by atoms with Crippen LogP contribution in [-0.4, -0.2) is 43.6 Å². The molecule has 5 heteroatoms. The quantitative estimate of drug-likeness (QED) is 0.899. The third-order valence-electron chi connectivity index (χ3n) is 4.35. The van der Waals surface area contributed by atoms with Gasteiger partial charge >= 0.3 is 0 Å². The molecule has 1 amide bonds. The molecule has 0 bridgehead atoms. The molecule has 4 nitrogen and oxygen atoms in total. The lowest BCUT2D eigenvalue weighted by Gasteiger charge is -2.35. The molecule has 20 heavy (non-hydrogen) atoms. The molecule has 2 heterocycles. The summed E-state index contributed by atoms with van der Waals surface area (Å²) in [6.07, 6.45) is 2.23. The van der Waals surface area contributed by atoms with E-state index < -0.39 is 0 Å². The van der Waals surface area contributed by atoms with Crippen molar-refractivity contribution in [1.82, 2.24) is 10.2 Å². The number of ether oxygens (including phenoxy) is 1. The lowest BCUT2D eigenvalue weighted by Crippen LogP contribution is -2.46. The van der Waals surface area contributed by atoms with Crippen molar-refractivity contribution in [3.63, 3.8) is 0 Å². The molecule has 0 radical (unpaired) electrons. The maximum atomic E-state index is 12.7. The van der Waals surface area contributed by atoms with Gasteiger partial charge < -0.3 is 15.0 Å². The van der Waals surface area contributed by atoms with E-state index in [1.807, 2.05) is 23.1 Å². The summed E-state index contributed by atoms with van der Waals surface area (Å²) in [5.41, 5.74) is 0.689. The van der Waals surface area contributed by atoms with Crippen LogP contribution in [0.15, 0.2) is 22.7 Å². The van der Waals surface area contributed by atoms with E-state index in [0.717, 1.165) is 30.5 Å². The highest BCUT2D eigenvalue weighted by molar-refractivity contribution is 9.10. The molecule has 0 aliphatic carbocycles. The molecule has 0 spiro atoms. The van der Waals surface area contributed by atoms with Gasteiger partial charge in [-0.3, -0.25) is 4.79 Å². The zero-order valence-electron chi connectivity index (χ0n) is 11.6. The normalized spacial score (nSPS) is 25.4. The zero-order chi connectivity index (χ0) is 14.1. The molecule has 2 aliphatic rings. The topological polar surface area (TPSA) is 41.6 Å². The first kappa shape index (κ1) is 13.9. The molecule has 2 unspecified atom stereocenters. The Morgan fingerprint density at radius 1 is 1.45 bits per heavy atom. The van der Waals surface area contributed by atoms with E-state index in [2.05, 4.69) is 21.2 Å². The Balaban J connectivity index is 1.78. The van der Waals surface area contributed by atoms with E-state index in [4.69, 9.17) is 4.74 Å². The fourth-order valence-corrected chi connectivity index (χ4v) is 3.61. The summed E-state index contributed by atoms with van der Waals surface area (Å²) in [5.74, 6) is 1.42. The summed E-state index contributed by atoms with van der Waals surface area (Å²) in [6, 6.07) is 6.14. The molecule has 2 atom stereocenters. The number of nitrogens with one attached hydrogen (secondary N) is 1. The molecule has 2 saturated heterocycles. The molecular formula is C15H19BrN2O2. The molecule has 0 saturated carbocycles. The SMILES string of the molecule is COc1ccc(Br)c(C(=O)N2CCC3NCCC3C2)c1. The van der Waals surface area contributed by atoms with Crippen LogP contribution >= 0.6 is 15.9 Å². The number of hydrogen-bond acceptors (Lipinski definition) is 3. The summed E-state index contributed by atoms with van der Waals surface area (Å²) < 4.78 is 6.04. The smallest absolute Gasteiger partial charge is 0.255 e. The van der Waals surface area contributed by atoms with Gasteiger partial charge in [0, 0.05) is 23.6 Å². The van der Waals surface area contributed by atoms with E-state index in [9.17, 15) is 4.79 Å². The number of carbonyl (C=O) groups is 1. The second-order valence-electron chi connectivity index (χ2n) is 5.49. The number of fused-ring (bicyclic) bond motifs is 1. The van der Waals surface area contributed by atoms with Crippen molar-refractivity contribution < 1.29 is 9.53 Å². The van der Waals surface area contributed by atoms with E-state index in [0.29, 0.717) is 23.3 Å². The molecule has 2 aliphatic heterocycles. The summed E-state index contributed by atoms with van der Waals surface area (Å²) in [6.45, 7) is 2.77. The van der Waals surface area contributed by atoms with E-state index in [-0.39, 0.29) is 5.91 Å². The summed E-state index contributed by atoms with van der Waals surface area (Å²) in [5, 5.41) is 3.52. The highest BCUT2D eigenvalue weighted by atomic mass is 79.9. The van der Waals surface area contributed by atoms with Crippen LogP contribution in [0.3, 0.4) is 0 Å². The minimum absolute atomic E-state index is 0.0983.